The van der Waals surface area contributed by atoms with E-state index in [-0.39, 0.29) is 6.04 Å². The molecule has 3 nitrogen and oxygen atoms in total. The fraction of sp³-hybridized carbons (Fsp3) is 0.364. The minimum atomic E-state index is 0.00227. The Morgan fingerprint density at radius 1 is 1.60 bits per heavy atom. The van der Waals surface area contributed by atoms with Gasteiger partial charge in [0, 0.05) is 16.1 Å². The van der Waals surface area contributed by atoms with Crippen molar-refractivity contribution in [3.63, 3.8) is 0 Å². The molecule has 1 N–H and O–H groups in total. The van der Waals surface area contributed by atoms with Crippen LogP contribution in [0.5, 0.6) is 5.75 Å². The molecule has 0 aliphatic carbocycles. The summed E-state index contributed by atoms with van der Waals surface area (Å²) in [5.74, 6) is 0.799. The summed E-state index contributed by atoms with van der Waals surface area (Å²) in [5, 5.41) is 11.8. The molecule has 0 spiro atoms. The molecule has 0 saturated heterocycles. The average molecular weight is 269 g/mol. The molecule has 15 heavy (non-hydrogen) atoms. The SMILES string of the molecule is CNC(CC#N)c1cc(Br)ccc1OC. The number of ether oxygens (including phenoxy) is 1. The summed E-state index contributed by atoms with van der Waals surface area (Å²) in [7, 11) is 3.47. The van der Waals surface area contributed by atoms with Crippen LogP contribution in [0.3, 0.4) is 0 Å². The Morgan fingerprint density at radius 3 is 2.87 bits per heavy atom. The number of rotatable bonds is 4. The topological polar surface area (TPSA) is 45.0 Å². The van der Waals surface area contributed by atoms with Gasteiger partial charge in [-0.3, -0.25) is 0 Å². The van der Waals surface area contributed by atoms with Crippen LogP contribution in [0.15, 0.2) is 22.7 Å². The Bertz CT molecular complexity index is 373. The number of benzene rings is 1. The zero-order chi connectivity index (χ0) is 11.3. The molecule has 0 aromatic heterocycles. The maximum Gasteiger partial charge on any atom is 0.123 e. The van der Waals surface area contributed by atoms with E-state index in [0.29, 0.717) is 6.42 Å². The van der Waals surface area contributed by atoms with Gasteiger partial charge in [0.1, 0.15) is 5.75 Å². The molecule has 0 fully saturated rings. The second-order valence-corrected chi connectivity index (χ2v) is 4.01. The highest BCUT2D eigenvalue weighted by molar-refractivity contribution is 9.10. The number of hydrogen-bond acceptors (Lipinski definition) is 3. The molecule has 80 valence electrons. The molecular formula is C11H13BrN2O. The second kappa shape index (κ2) is 5.74. The Labute approximate surface area is 98.2 Å². The van der Waals surface area contributed by atoms with E-state index in [1.807, 2.05) is 25.2 Å². The van der Waals surface area contributed by atoms with Crippen LogP contribution in [0.2, 0.25) is 0 Å². The van der Waals surface area contributed by atoms with Crippen LogP contribution in [-0.4, -0.2) is 14.2 Å². The van der Waals surface area contributed by atoms with Crippen molar-refractivity contribution in [3.05, 3.63) is 28.2 Å². The van der Waals surface area contributed by atoms with E-state index in [1.165, 1.54) is 0 Å². The molecule has 4 heteroatoms. The lowest BCUT2D eigenvalue weighted by Crippen LogP contribution is -2.16. The molecule has 1 unspecified atom stereocenters. The summed E-state index contributed by atoms with van der Waals surface area (Å²) in [6.45, 7) is 0. The summed E-state index contributed by atoms with van der Waals surface area (Å²) in [6.07, 6.45) is 0.420. The van der Waals surface area contributed by atoms with E-state index < -0.39 is 0 Å². The van der Waals surface area contributed by atoms with Gasteiger partial charge in [-0.05, 0) is 25.2 Å². The van der Waals surface area contributed by atoms with Crippen molar-refractivity contribution >= 4 is 15.9 Å². The Hall–Kier alpha value is -1.05. The molecule has 0 aliphatic rings. The van der Waals surface area contributed by atoms with E-state index in [4.69, 9.17) is 10.00 Å². The first kappa shape index (κ1) is 12.0. The highest BCUT2D eigenvalue weighted by Crippen LogP contribution is 2.29. The minimum absolute atomic E-state index is 0.00227. The van der Waals surface area contributed by atoms with Crippen LogP contribution < -0.4 is 10.1 Å². The summed E-state index contributed by atoms with van der Waals surface area (Å²) in [5.41, 5.74) is 0.996. The van der Waals surface area contributed by atoms with Crippen molar-refractivity contribution in [1.82, 2.24) is 5.32 Å². The number of hydrogen-bond donors (Lipinski definition) is 1. The maximum atomic E-state index is 8.72. The molecule has 1 aromatic rings. The van der Waals surface area contributed by atoms with Gasteiger partial charge in [0.25, 0.3) is 0 Å². The fourth-order valence-electron chi connectivity index (χ4n) is 1.44. The quantitative estimate of drug-likeness (QED) is 0.913. The third-order valence-electron chi connectivity index (χ3n) is 2.21. The van der Waals surface area contributed by atoms with Crippen LogP contribution in [0.1, 0.15) is 18.0 Å². The zero-order valence-corrected chi connectivity index (χ0v) is 10.3. The normalized spacial score (nSPS) is 11.9. The lowest BCUT2D eigenvalue weighted by Gasteiger charge is -2.16. The highest BCUT2D eigenvalue weighted by atomic mass is 79.9. The van der Waals surface area contributed by atoms with Crippen molar-refractivity contribution in [2.24, 2.45) is 0 Å². The number of nitrogens with one attached hydrogen (secondary N) is 1. The van der Waals surface area contributed by atoms with Gasteiger partial charge >= 0.3 is 0 Å². The monoisotopic (exact) mass is 268 g/mol. The van der Waals surface area contributed by atoms with Crippen LogP contribution >= 0.6 is 15.9 Å². The van der Waals surface area contributed by atoms with Gasteiger partial charge in [-0.25, -0.2) is 0 Å². The summed E-state index contributed by atoms with van der Waals surface area (Å²) >= 11 is 3.41. The molecule has 1 rings (SSSR count). The Balaban J connectivity index is 3.09. The van der Waals surface area contributed by atoms with Gasteiger partial charge in [0.2, 0.25) is 0 Å². The van der Waals surface area contributed by atoms with Gasteiger partial charge in [0.05, 0.1) is 19.6 Å². The van der Waals surface area contributed by atoms with Crippen molar-refractivity contribution in [1.29, 1.82) is 5.26 Å². The Kier molecular flexibility index (Phi) is 4.60. The van der Waals surface area contributed by atoms with Crippen molar-refractivity contribution in [3.8, 4) is 11.8 Å². The Morgan fingerprint density at radius 2 is 2.33 bits per heavy atom. The third kappa shape index (κ3) is 2.95. The molecule has 0 aliphatic heterocycles. The molecule has 0 bridgehead atoms. The predicted octanol–water partition coefficient (Wildman–Crippen LogP) is 2.63. The average Bonchev–Trinajstić information content (AvgIpc) is 2.26. The smallest absolute Gasteiger partial charge is 0.123 e. The van der Waals surface area contributed by atoms with Gasteiger partial charge in [-0.2, -0.15) is 5.26 Å². The van der Waals surface area contributed by atoms with Gasteiger partial charge in [-0.1, -0.05) is 15.9 Å². The molecular weight excluding hydrogens is 256 g/mol. The molecule has 1 aromatic carbocycles. The zero-order valence-electron chi connectivity index (χ0n) is 8.75. The standard InChI is InChI=1S/C11H13BrN2O/c1-14-10(5-6-13)9-7-8(12)3-4-11(9)15-2/h3-4,7,10,14H,5H2,1-2H3. The van der Waals surface area contributed by atoms with Crippen molar-refractivity contribution in [2.75, 3.05) is 14.2 Å². The lowest BCUT2D eigenvalue weighted by molar-refractivity contribution is 0.402. The van der Waals surface area contributed by atoms with Gasteiger partial charge in [0.15, 0.2) is 0 Å². The highest BCUT2D eigenvalue weighted by Gasteiger charge is 2.14. The van der Waals surface area contributed by atoms with E-state index >= 15 is 0 Å². The summed E-state index contributed by atoms with van der Waals surface area (Å²) in [4.78, 5) is 0. The van der Waals surface area contributed by atoms with Gasteiger partial charge < -0.3 is 10.1 Å². The molecule has 0 heterocycles. The van der Waals surface area contributed by atoms with Crippen molar-refractivity contribution in [2.45, 2.75) is 12.5 Å². The first-order chi connectivity index (χ1) is 7.22. The summed E-state index contributed by atoms with van der Waals surface area (Å²) in [6, 6.07) is 7.93. The predicted molar refractivity (Wildman–Crippen MR) is 62.7 cm³/mol. The molecule has 1 atom stereocenters. The van der Waals surface area contributed by atoms with Crippen LogP contribution in [0.25, 0.3) is 0 Å². The van der Waals surface area contributed by atoms with Crippen LogP contribution in [-0.2, 0) is 0 Å². The van der Waals surface area contributed by atoms with E-state index in [9.17, 15) is 0 Å². The maximum absolute atomic E-state index is 8.72. The number of nitriles is 1. The molecule has 0 amide bonds. The minimum Gasteiger partial charge on any atom is -0.496 e. The van der Waals surface area contributed by atoms with E-state index in [1.54, 1.807) is 7.11 Å². The number of nitrogens with zero attached hydrogens (tertiary/aromatic N) is 1. The largest absolute Gasteiger partial charge is 0.496 e. The number of halogens is 1. The van der Waals surface area contributed by atoms with Crippen LogP contribution in [0, 0.1) is 11.3 Å². The fourth-order valence-corrected chi connectivity index (χ4v) is 1.82. The van der Waals surface area contributed by atoms with E-state index in [0.717, 1.165) is 15.8 Å². The number of methoxy groups -OCH3 is 1. The molecule has 0 radical (unpaired) electrons. The van der Waals surface area contributed by atoms with Gasteiger partial charge in [-0.15, -0.1) is 0 Å². The first-order valence-electron chi connectivity index (χ1n) is 4.60. The lowest BCUT2D eigenvalue weighted by atomic mass is 10.0. The summed E-state index contributed by atoms with van der Waals surface area (Å²) < 4.78 is 6.24. The molecule has 0 saturated carbocycles. The van der Waals surface area contributed by atoms with Crippen LogP contribution in [0.4, 0.5) is 0 Å². The van der Waals surface area contributed by atoms with E-state index in [2.05, 4.69) is 27.3 Å². The first-order valence-corrected chi connectivity index (χ1v) is 5.40. The van der Waals surface area contributed by atoms with Crippen molar-refractivity contribution < 1.29 is 4.74 Å². The second-order valence-electron chi connectivity index (χ2n) is 3.09. The third-order valence-corrected chi connectivity index (χ3v) is 2.70.